The van der Waals surface area contributed by atoms with Crippen LogP contribution in [0.5, 0.6) is 5.75 Å². The van der Waals surface area contributed by atoms with Gasteiger partial charge < -0.3 is 15.0 Å². The highest BCUT2D eigenvalue weighted by atomic mass is 35.5. The molecule has 1 aliphatic heterocycles. The van der Waals surface area contributed by atoms with Crippen molar-refractivity contribution >= 4 is 18.3 Å². The van der Waals surface area contributed by atoms with E-state index < -0.39 is 0 Å². The molecule has 1 aliphatic rings. The largest absolute Gasteiger partial charge is 0.496 e. The number of nitrogens with one attached hydrogen (secondary N) is 1. The predicted octanol–water partition coefficient (Wildman–Crippen LogP) is 3.14. The van der Waals surface area contributed by atoms with Gasteiger partial charge >= 0.3 is 0 Å². The van der Waals surface area contributed by atoms with E-state index >= 15 is 0 Å². The molecule has 0 aliphatic carbocycles. The van der Waals surface area contributed by atoms with Crippen molar-refractivity contribution < 1.29 is 9.53 Å². The number of benzene rings is 1. The molecule has 1 aromatic rings. The molecule has 1 saturated heterocycles. The van der Waals surface area contributed by atoms with Gasteiger partial charge in [-0.2, -0.15) is 0 Å². The maximum absolute atomic E-state index is 12.4. The van der Waals surface area contributed by atoms with E-state index in [-0.39, 0.29) is 18.3 Å². The van der Waals surface area contributed by atoms with Gasteiger partial charge in [0.1, 0.15) is 5.75 Å². The molecule has 5 heteroatoms. The Kier molecular flexibility index (Phi) is 9.16. The SMILES string of the molecule is COc1ccccc1CCN(C)C(=O)CC(C)C1CCCNC1.Cl. The summed E-state index contributed by atoms with van der Waals surface area (Å²) in [5.41, 5.74) is 1.15. The Morgan fingerprint density at radius 2 is 2.17 bits per heavy atom. The lowest BCUT2D eigenvalue weighted by molar-refractivity contribution is -0.131. The summed E-state index contributed by atoms with van der Waals surface area (Å²) in [7, 11) is 3.59. The van der Waals surface area contributed by atoms with Crippen LogP contribution in [0, 0.1) is 11.8 Å². The van der Waals surface area contributed by atoms with E-state index in [1.165, 1.54) is 12.8 Å². The van der Waals surface area contributed by atoms with E-state index in [0.717, 1.165) is 37.4 Å². The number of carbonyl (C=O) groups excluding carboxylic acids is 1. The maximum Gasteiger partial charge on any atom is 0.222 e. The average molecular weight is 355 g/mol. The molecule has 2 atom stereocenters. The fraction of sp³-hybridized carbons (Fsp3) is 0.632. The van der Waals surface area contributed by atoms with Gasteiger partial charge in [0, 0.05) is 20.0 Å². The first-order chi connectivity index (χ1) is 11.1. The summed E-state index contributed by atoms with van der Waals surface area (Å²) in [5.74, 6) is 2.23. The van der Waals surface area contributed by atoms with Crippen molar-refractivity contribution in [2.75, 3.05) is 33.8 Å². The number of hydrogen-bond donors (Lipinski definition) is 1. The van der Waals surface area contributed by atoms with Crippen LogP contribution in [0.2, 0.25) is 0 Å². The minimum absolute atomic E-state index is 0. The van der Waals surface area contributed by atoms with Gasteiger partial charge in [0.25, 0.3) is 0 Å². The van der Waals surface area contributed by atoms with Crippen molar-refractivity contribution in [1.82, 2.24) is 10.2 Å². The van der Waals surface area contributed by atoms with Crippen LogP contribution in [0.4, 0.5) is 0 Å². The fourth-order valence-corrected chi connectivity index (χ4v) is 3.28. The zero-order chi connectivity index (χ0) is 16.7. The summed E-state index contributed by atoms with van der Waals surface area (Å²) in [4.78, 5) is 14.3. The van der Waals surface area contributed by atoms with Crippen molar-refractivity contribution in [2.24, 2.45) is 11.8 Å². The molecule has 0 bridgehead atoms. The van der Waals surface area contributed by atoms with Crippen LogP contribution in [0.15, 0.2) is 24.3 Å². The highest BCUT2D eigenvalue weighted by Gasteiger charge is 2.23. The van der Waals surface area contributed by atoms with E-state index in [9.17, 15) is 4.79 Å². The van der Waals surface area contributed by atoms with Crippen LogP contribution in [-0.4, -0.2) is 44.6 Å². The first kappa shape index (κ1) is 20.8. The molecule has 0 aromatic heterocycles. The molecule has 1 heterocycles. The van der Waals surface area contributed by atoms with Gasteiger partial charge in [-0.25, -0.2) is 0 Å². The topological polar surface area (TPSA) is 41.6 Å². The third kappa shape index (κ3) is 5.99. The van der Waals surface area contributed by atoms with Crippen LogP contribution in [-0.2, 0) is 11.2 Å². The number of para-hydroxylation sites is 1. The van der Waals surface area contributed by atoms with Gasteiger partial charge in [-0.1, -0.05) is 25.1 Å². The molecular formula is C19H31ClN2O2. The normalized spacial score (nSPS) is 18.4. The molecular weight excluding hydrogens is 324 g/mol. The van der Waals surface area contributed by atoms with E-state index in [2.05, 4.69) is 18.3 Å². The Labute approximate surface area is 152 Å². The fourth-order valence-electron chi connectivity index (χ4n) is 3.28. The van der Waals surface area contributed by atoms with E-state index in [1.807, 2.05) is 30.1 Å². The molecule has 136 valence electrons. The highest BCUT2D eigenvalue weighted by molar-refractivity contribution is 5.85. The van der Waals surface area contributed by atoms with Gasteiger partial charge in [0.2, 0.25) is 5.91 Å². The molecule has 2 rings (SSSR count). The summed E-state index contributed by atoms with van der Waals surface area (Å²) in [6.45, 7) is 5.12. The lowest BCUT2D eigenvalue weighted by Crippen LogP contribution is -2.36. The Morgan fingerprint density at radius 1 is 1.42 bits per heavy atom. The Morgan fingerprint density at radius 3 is 2.83 bits per heavy atom. The second-order valence-corrected chi connectivity index (χ2v) is 6.66. The van der Waals surface area contributed by atoms with Crippen molar-refractivity contribution in [3.8, 4) is 5.75 Å². The van der Waals surface area contributed by atoms with Crippen molar-refractivity contribution in [2.45, 2.75) is 32.6 Å². The number of likely N-dealkylation sites (N-methyl/N-ethyl adjacent to an activating group) is 1. The van der Waals surface area contributed by atoms with Crippen molar-refractivity contribution in [1.29, 1.82) is 0 Å². The Hall–Kier alpha value is -1.26. The maximum atomic E-state index is 12.4. The van der Waals surface area contributed by atoms with Gasteiger partial charge in [0.15, 0.2) is 0 Å². The lowest BCUT2D eigenvalue weighted by Gasteiger charge is -2.29. The number of methoxy groups -OCH3 is 1. The van der Waals surface area contributed by atoms with Crippen LogP contribution < -0.4 is 10.1 Å². The van der Waals surface area contributed by atoms with Gasteiger partial charge in [-0.05, 0) is 55.8 Å². The standard InChI is InChI=1S/C19H30N2O2.ClH/c1-15(17-8-6-11-20-14-17)13-19(22)21(2)12-10-16-7-4-5-9-18(16)23-3;/h4-5,7,9,15,17,20H,6,8,10-14H2,1-3H3;1H. The minimum Gasteiger partial charge on any atom is -0.496 e. The van der Waals surface area contributed by atoms with E-state index in [1.54, 1.807) is 7.11 Å². The molecule has 24 heavy (non-hydrogen) atoms. The summed E-state index contributed by atoms with van der Waals surface area (Å²) in [6, 6.07) is 8.01. The quantitative estimate of drug-likeness (QED) is 0.817. The molecule has 0 saturated carbocycles. The Bertz CT molecular complexity index is 504. The van der Waals surface area contributed by atoms with E-state index in [4.69, 9.17) is 4.74 Å². The number of nitrogens with zero attached hydrogens (tertiary/aromatic N) is 1. The number of carbonyl (C=O) groups is 1. The number of amides is 1. The zero-order valence-corrected chi connectivity index (χ0v) is 15.9. The second-order valence-electron chi connectivity index (χ2n) is 6.66. The van der Waals surface area contributed by atoms with Crippen LogP contribution in [0.25, 0.3) is 0 Å². The second kappa shape index (κ2) is 10.6. The van der Waals surface area contributed by atoms with Gasteiger partial charge in [0.05, 0.1) is 7.11 Å². The molecule has 0 radical (unpaired) electrons. The van der Waals surface area contributed by atoms with Crippen LogP contribution in [0.3, 0.4) is 0 Å². The molecule has 1 amide bonds. The van der Waals surface area contributed by atoms with Crippen molar-refractivity contribution in [3.63, 3.8) is 0 Å². The summed E-state index contributed by atoms with van der Waals surface area (Å²) in [5, 5.41) is 3.44. The summed E-state index contributed by atoms with van der Waals surface area (Å²) >= 11 is 0. The van der Waals surface area contributed by atoms with Gasteiger partial charge in [-0.15, -0.1) is 12.4 Å². The molecule has 2 unspecified atom stereocenters. The highest BCUT2D eigenvalue weighted by Crippen LogP contribution is 2.23. The summed E-state index contributed by atoms with van der Waals surface area (Å²) < 4.78 is 5.37. The van der Waals surface area contributed by atoms with E-state index in [0.29, 0.717) is 18.3 Å². The zero-order valence-electron chi connectivity index (χ0n) is 15.1. The van der Waals surface area contributed by atoms with Crippen LogP contribution in [0.1, 0.15) is 31.7 Å². The van der Waals surface area contributed by atoms with Gasteiger partial charge in [-0.3, -0.25) is 4.79 Å². The number of piperidine rings is 1. The van der Waals surface area contributed by atoms with Crippen LogP contribution >= 0.6 is 12.4 Å². The number of rotatable bonds is 7. The first-order valence-electron chi connectivity index (χ1n) is 8.68. The lowest BCUT2D eigenvalue weighted by atomic mass is 9.85. The first-order valence-corrected chi connectivity index (χ1v) is 8.68. The predicted molar refractivity (Wildman–Crippen MR) is 101 cm³/mol. The monoisotopic (exact) mass is 354 g/mol. The van der Waals surface area contributed by atoms with Crippen molar-refractivity contribution in [3.05, 3.63) is 29.8 Å². The number of halogens is 1. The molecule has 1 fully saturated rings. The smallest absolute Gasteiger partial charge is 0.222 e. The Balaban J connectivity index is 0.00000288. The summed E-state index contributed by atoms with van der Waals surface area (Å²) in [6.07, 6.45) is 3.94. The average Bonchev–Trinajstić information content (AvgIpc) is 2.60. The molecule has 0 spiro atoms. The molecule has 1 N–H and O–H groups in total. The number of ether oxygens (including phenoxy) is 1. The third-order valence-corrected chi connectivity index (χ3v) is 4.97. The number of hydrogen-bond acceptors (Lipinski definition) is 3. The minimum atomic E-state index is 0. The molecule has 1 aromatic carbocycles. The third-order valence-electron chi connectivity index (χ3n) is 4.97. The molecule has 4 nitrogen and oxygen atoms in total.